The fourth-order valence-electron chi connectivity index (χ4n) is 13.0. The maximum Gasteiger partial charge on any atom is 0.135 e. The monoisotopic (exact) mass is 849 g/mol. The van der Waals surface area contributed by atoms with Crippen molar-refractivity contribution in [3.8, 4) is 11.1 Å². The van der Waals surface area contributed by atoms with E-state index in [0.717, 1.165) is 72.1 Å². The first-order valence-electron chi connectivity index (χ1n) is 23.7. The first kappa shape index (κ1) is 42.5. The van der Waals surface area contributed by atoms with Crippen molar-refractivity contribution >= 4 is 21.8 Å². The number of fused-ring (bicyclic) bond motifs is 8. The Kier molecular flexibility index (Phi) is 12.1. The SMILES string of the molecule is C=CCO[C@H](c1ccnc2ccccc12)C1CC2CC[N+]1(Cc1cccc(-c3cccc(C[N+]45CCC(CC4[C@H](OCC=C)c4ccnc6ccccc46)C(C=C)C5)c3)c1)CC2C=C. The van der Waals surface area contributed by atoms with Crippen LogP contribution >= 0.6 is 0 Å². The summed E-state index contributed by atoms with van der Waals surface area (Å²) in [5.41, 5.74) is 9.80. The Morgan fingerprint density at radius 3 is 1.45 bits per heavy atom. The first-order chi connectivity index (χ1) is 31.4. The highest BCUT2D eigenvalue weighted by Crippen LogP contribution is 2.51. The average Bonchev–Trinajstić information content (AvgIpc) is 3.34. The summed E-state index contributed by atoms with van der Waals surface area (Å²) >= 11 is 0. The summed E-state index contributed by atoms with van der Waals surface area (Å²) in [6.45, 7) is 24.2. The topological polar surface area (TPSA) is 44.2 Å². The van der Waals surface area contributed by atoms with Crippen LogP contribution in [-0.2, 0) is 22.6 Å². The summed E-state index contributed by atoms with van der Waals surface area (Å²) in [5.74, 6) is 2.22. The second-order valence-electron chi connectivity index (χ2n) is 19.4. The van der Waals surface area contributed by atoms with Crippen LogP contribution in [0.4, 0.5) is 0 Å². The molecule has 64 heavy (non-hydrogen) atoms. The lowest BCUT2D eigenvalue weighted by molar-refractivity contribution is -0.985. The van der Waals surface area contributed by atoms with Gasteiger partial charge >= 0.3 is 0 Å². The Labute approximate surface area is 380 Å². The van der Waals surface area contributed by atoms with Crippen LogP contribution < -0.4 is 0 Å². The summed E-state index contributed by atoms with van der Waals surface area (Å²) in [6, 6.07) is 40.8. The Balaban J connectivity index is 0.972. The highest BCUT2D eigenvalue weighted by atomic mass is 16.5. The predicted molar refractivity (Wildman–Crippen MR) is 261 cm³/mol. The van der Waals surface area contributed by atoms with Crippen LogP contribution in [0.2, 0.25) is 0 Å². The van der Waals surface area contributed by atoms with Gasteiger partial charge in [0.25, 0.3) is 0 Å². The molecule has 6 aromatic rings. The molecule has 10 atom stereocenters. The van der Waals surface area contributed by atoms with E-state index >= 15 is 0 Å². The Morgan fingerprint density at radius 2 is 1.02 bits per heavy atom. The fraction of sp³-hybridized carbons (Fsp3) is 0.345. The number of para-hydroxylation sites is 2. The highest BCUT2D eigenvalue weighted by molar-refractivity contribution is 5.83. The minimum atomic E-state index is -0.0738. The van der Waals surface area contributed by atoms with E-state index < -0.39 is 0 Å². The number of pyridine rings is 2. The van der Waals surface area contributed by atoms with E-state index in [2.05, 4.69) is 148 Å². The summed E-state index contributed by atoms with van der Waals surface area (Å²) in [7, 11) is 0. The molecule has 6 fully saturated rings. The molecule has 326 valence electrons. The number of aromatic nitrogens is 2. The Morgan fingerprint density at radius 1 is 0.562 bits per heavy atom. The van der Waals surface area contributed by atoms with Crippen molar-refractivity contribution in [1.82, 2.24) is 9.97 Å². The zero-order chi connectivity index (χ0) is 43.7. The normalized spacial score (nSPS) is 28.1. The van der Waals surface area contributed by atoms with E-state index in [1.807, 2.05) is 24.5 Å². The molecule has 6 nitrogen and oxygen atoms in total. The number of hydrogen-bond acceptors (Lipinski definition) is 4. The van der Waals surface area contributed by atoms with Crippen LogP contribution in [0.3, 0.4) is 0 Å². The van der Waals surface area contributed by atoms with Crippen molar-refractivity contribution in [1.29, 1.82) is 0 Å². The molecule has 0 N–H and O–H groups in total. The van der Waals surface area contributed by atoms with Crippen LogP contribution in [0.25, 0.3) is 32.9 Å². The minimum absolute atomic E-state index is 0.0738. The quantitative estimate of drug-likeness (QED) is 0.0677. The van der Waals surface area contributed by atoms with Gasteiger partial charge in [-0.15, -0.1) is 26.3 Å². The molecule has 8 unspecified atom stereocenters. The highest BCUT2D eigenvalue weighted by Gasteiger charge is 2.56. The van der Waals surface area contributed by atoms with E-state index in [4.69, 9.17) is 19.4 Å². The van der Waals surface area contributed by atoms with Gasteiger partial charge in [-0.05, 0) is 70.5 Å². The van der Waals surface area contributed by atoms with Gasteiger partial charge in [0.05, 0.1) is 50.4 Å². The second kappa shape index (κ2) is 18.2. The number of nitrogens with zero attached hydrogens (tertiary/aromatic N) is 4. The minimum Gasteiger partial charge on any atom is -0.363 e. The maximum atomic E-state index is 6.89. The van der Waals surface area contributed by atoms with Gasteiger partial charge in [0, 0.05) is 71.8 Å². The third kappa shape index (κ3) is 7.89. The molecule has 0 amide bonds. The zero-order valence-electron chi connectivity index (χ0n) is 37.4. The largest absolute Gasteiger partial charge is 0.363 e. The number of quaternary nitrogens is 2. The van der Waals surface area contributed by atoms with E-state index in [1.54, 1.807) is 0 Å². The van der Waals surface area contributed by atoms with Crippen LogP contribution in [0.15, 0.2) is 172 Å². The molecule has 0 spiro atoms. The van der Waals surface area contributed by atoms with Gasteiger partial charge in [-0.25, -0.2) is 0 Å². The van der Waals surface area contributed by atoms with Gasteiger partial charge in [-0.1, -0.05) is 97.1 Å². The van der Waals surface area contributed by atoms with Crippen molar-refractivity contribution in [2.24, 2.45) is 23.7 Å². The molecule has 4 aromatic carbocycles. The van der Waals surface area contributed by atoms with Gasteiger partial charge in [0.1, 0.15) is 37.4 Å². The van der Waals surface area contributed by atoms with E-state index in [0.29, 0.717) is 49.0 Å². The van der Waals surface area contributed by atoms with Crippen molar-refractivity contribution in [2.45, 2.75) is 63.1 Å². The Bertz CT molecular complexity index is 2480. The standard InChI is InChI=1S/C58H64N4O2/c1-5-31-63-57(51-23-27-59-53-21-11-9-19-49(51)53)55-35-47-25-29-61(55,39-43(47)7-3)37-41-15-13-17-45(33-41)46-18-14-16-42(34-46)38-62-30-26-48(44(8-4)40-62)36-56(62)58(64-32-6-2)52-24-28-60-54-22-12-10-20-50(52)54/h5-24,27-28,33-34,43-44,47-48,55-58H,1-4,25-26,29-32,35-40H2/q+2/t43?,44?,47?,48?,55?,56?,57-,58-,61?,62?/m1/s1. The molecule has 6 heteroatoms. The lowest BCUT2D eigenvalue weighted by Crippen LogP contribution is -2.67. The zero-order valence-corrected chi connectivity index (χ0v) is 37.4. The molecular formula is C58H64N4O2+2. The summed E-state index contributed by atoms with van der Waals surface area (Å²) in [4.78, 5) is 9.48. The third-order valence-corrected chi connectivity index (χ3v) is 16.0. The van der Waals surface area contributed by atoms with Crippen LogP contribution in [-0.4, -0.2) is 70.4 Å². The number of hydrogen-bond donors (Lipinski definition) is 0. The van der Waals surface area contributed by atoms with Crippen molar-refractivity contribution < 1.29 is 18.4 Å². The molecule has 6 aliphatic rings. The van der Waals surface area contributed by atoms with E-state index in [-0.39, 0.29) is 12.2 Å². The van der Waals surface area contributed by atoms with Crippen LogP contribution in [0, 0.1) is 23.7 Å². The van der Waals surface area contributed by atoms with Gasteiger partial charge in [0.2, 0.25) is 0 Å². The molecule has 0 aliphatic carbocycles. The smallest absolute Gasteiger partial charge is 0.135 e. The lowest BCUT2D eigenvalue weighted by Gasteiger charge is -2.58. The molecule has 6 saturated heterocycles. The summed E-state index contributed by atoms with van der Waals surface area (Å²) in [6.07, 6.45) is 16.7. The number of benzene rings is 4. The van der Waals surface area contributed by atoms with Gasteiger partial charge in [-0.3, -0.25) is 9.97 Å². The molecule has 8 heterocycles. The molecule has 6 aliphatic heterocycles. The fourth-order valence-corrected chi connectivity index (χ4v) is 13.0. The van der Waals surface area contributed by atoms with E-state index in [1.165, 1.54) is 57.0 Å². The third-order valence-electron chi connectivity index (χ3n) is 16.0. The van der Waals surface area contributed by atoms with Gasteiger partial charge < -0.3 is 18.4 Å². The van der Waals surface area contributed by atoms with Crippen LogP contribution in [0.1, 0.15) is 60.1 Å². The van der Waals surface area contributed by atoms with E-state index in [9.17, 15) is 0 Å². The van der Waals surface area contributed by atoms with Crippen molar-refractivity contribution in [3.63, 3.8) is 0 Å². The number of piperidine rings is 6. The molecule has 0 saturated carbocycles. The maximum absolute atomic E-state index is 6.89. The number of ether oxygens (including phenoxy) is 2. The van der Waals surface area contributed by atoms with Gasteiger partial charge in [0.15, 0.2) is 0 Å². The second-order valence-corrected chi connectivity index (χ2v) is 19.4. The molecular weight excluding hydrogens is 785 g/mol. The average molecular weight is 849 g/mol. The van der Waals surface area contributed by atoms with Crippen LogP contribution in [0.5, 0.6) is 0 Å². The lowest BCUT2D eigenvalue weighted by atomic mass is 9.71. The molecule has 12 rings (SSSR count). The first-order valence-corrected chi connectivity index (χ1v) is 23.7. The predicted octanol–water partition coefficient (Wildman–Crippen LogP) is 12.2. The molecule has 4 bridgehead atoms. The molecule has 2 aromatic heterocycles. The summed E-state index contributed by atoms with van der Waals surface area (Å²) in [5, 5.41) is 2.36. The van der Waals surface area contributed by atoms with Gasteiger partial charge in [-0.2, -0.15) is 0 Å². The summed E-state index contributed by atoms with van der Waals surface area (Å²) < 4.78 is 15.8. The number of rotatable bonds is 17. The van der Waals surface area contributed by atoms with Crippen molar-refractivity contribution in [2.75, 3.05) is 39.4 Å². The Hall–Kier alpha value is -5.50. The van der Waals surface area contributed by atoms with Crippen molar-refractivity contribution in [3.05, 3.63) is 194 Å². The molecule has 0 radical (unpaired) electrons.